The number of aromatic nitrogens is 1. The van der Waals surface area contributed by atoms with Gasteiger partial charge in [-0.05, 0) is 50.1 Å². The Bertz CT molecular complexity index is 1190. The number of hydrogen-bond acceptors (Lipinski definition) is 5. The largest absolute Gasteiger partial charge is 0.468 e. The van der Waals surface area contributed by atoms with Gasteiger partial charge in [-0.25, -0.2) is 4.79 Å². The monoisotopic (exact) mass is 555 g/mol. The van der Waals surface area contributed by atoms with Crippen molar-refractivity contribution >= 4 is 34.6 Å². The van der Waals surface area contributed by atoms with Crippen molar-refractivity contribution < 1.29 is 19.1 Å². The summed E-state index contributed by atoms with van der Waals surface area (Å²) in [6.45, 7) is 6.53. The van der Waals surface area contributed by atoms with Gasteiger partial charge in [0.1, 0.15) is 5.92 Å². The predicted molar refractivity (Wildman–Crippen MR) is 158 cm³/mol. The zero-order chi connectivity index (χ0) is 28.2. The number of alkyl carbamates (subject to hydrolysis) is 1. The maximum absolute atomic E-state index is 13.4. The molecule has 0 fully saturated rings. The number of esters is 1. The molecule has 0 aliphatic heterocycles. The highest BCUT2D eigenvalue weighted by atomic mass is 35.5. The fourth-order valence-corrected chi connectivity index (χ4v) is 4.94. The lowest BCUT2D eigenvalue weighted by Crippen LogP contribution is -2.38. The van der Waals surface area contributed by atoms with Crippen molar-refractivity contribution in [3.63, 3.8) is 0 Å². The third-order valence-corrected chi connectivity index (χ3v) is 6.99. The van der Waals surface area contributed by atoms with Gasteiger partial charge in [0.25, 0.3) is 0 Å². The minimum atomic E-state index is -0.857. The van der Waals surface area contributed by atoms with E-state index in [0.717, 1.165) is 30.3 Å². The molecule has 0 saturated carbocycles. The standard InChI is InChI=1S/C31H42ClN3O4/c1-5-6-7-8-9-10-13-20-33-35-26-15-12-11-14-24(26)21-27(35)28(30(36)38-4)29(34-31(37)39-22(2)3)23-16-18-25(32)19-17-23/h11-12,14-19,21-22,28-29,33H,5-10,13,20H2,1-4H3,(H,34,37). The van der Waals surface area contributed by atoms with Gasteiger partial charge < -0.3 is 20.2 Å². The summed E-state index contributed by atoms with van der Waals surface area (Å²) in [6.07, 6.45) is 7.52. The number of hydrogen-bond donors (Lipinski definition) is 2. The van der Waals surface area contributed by atoms with Crippen LogP contribution in [-0.4, -0.2) is 36.5 Å². The molecule has 0 spiro atoms. The topological polar surface area (TPSA) is 81.6 Å². The average molecular weight is 556 g/mol. The van der Waals surface area contributed by atoms with Gasteiger partial charge in [-0.2, -0.15) is 0 Å². The molecule has 3 aromatic rings. The van der Waals surface area contributed by atoms with E-state index < -0.39 is 24.0 Å². The first-order valence-electron chi connectivity index (χ1n) is 14.0. The molecule has 0 saturated heterocycles. The molecule has 1 heterocycles. The van der Waals surface area contributed by atoms with Crippen molar-refractivity contribution in [1.82, 2.24) is 9.99 Å². The Balaban J connectivity index is 1.96. The van der Waals surface area contributed by atoms with Crippen LogP contribution in [0.25, 0.3) is 10.9 Å². The summed E-state index contributed by atoms with van der Waals surface area (Å²) in [6, 6.07) is 16.3. The number of nitrogens with one attached hydrogen (secondary N) is 2. The molecule has 0 aliphatic rings. The number of fused-ring (bicyclic) bond motifs is 1. The summed E-state index contributed by atoms with van der Waals surface area (Å²) >= 11 is 6.16. The number of methoxy groups -OCH3 is 1. The van der Waals surface area contributed by atoms with Gasteiger partial charge in [0.05, 0.1) is 30.5 Å². The maximum atomic E-state index is 13.4. The van der Waals surface area contributed by atoms with E-state index in [1.165, 1.54) is 39.2 Å². The number of carbonyl (C=O) groups excluding carboxylic acids is 2. The number of unbranched alkanes of at least 4 members (excludes halogenated alkanes) is 6. The van der Waals surface area contributed by atoms with Gasteiger partial charge in [-0.15, -0.1) is 0 Å². The van der Waals surface area contributed by atoms with E-state index in [9.17, 15) is 9.59 Å². The Labute approximate surface area is 237 Å². The molecule has 3 rings (SSSR count). The molecule has 0 bridgehead atoms. The third-order valence-electron chi connectivity index (χ3n) is 6.74. The first kappa shape index (κ1) is 30.4. The summed E-state index contributed by atoms with van der Waals surface area (Å²) < 4.78 is 12.7. The van der Waals surface area contributed by atoms with Crippen molar-refractivity contribution in [2.45, 2.75) is 83.8 Å². The molecule has 2 aromatic carbocycles. The van der Waals surface area contributed by atoms with Crippen molar-refractivity contribution in [1.29, 1.82) is 0 Å². The Morgan fingerprint density at radius 1 is 0.949 bits per heavy atom. The van der Waals surface area contributed by atoms with E-state index >= 15 is 0 Å². The second-order valence-corrected chi connectivity index (χ2v) is 10.6. The van der Waals surface area contributed by atoms with Crippen LogP contribution in [-0.2, 0) is 14.3 Å². The average Bonchev–Trinajstić information content (AvgIpc) is 3.27. The summed E-state index contributed by atoms with van der Waals surface area (Å²) in [5.74, 6) is -1.33. The lowest BCUT2D eigenvalue weighted by atomic mass is 9.90. The predicted octanol–water partition coefficient (Wildman–Crippen LogP) is 7.72. The minimum Gasteiger partial charge on any atom is -0.468 e. The van der Waals surface area contributed by atoms with Gasteiger partial charge >= 0.3 is 12.1 Å². The first-order valence-corrected chi connectivity index (χ1v) is 14.4. The first-order chi connectivity index (χ1) is 18.8. The number of nitrogens with zero attached hydrogens (tertiary/aromatic N) is 1. The van der Waals surface area contributed by atoms with Crippen LogP contribution in [0.5, 0.6) is 0 Å². The number of benzene rings is 2. The number of para-hydroxylation sites is 1. The molecule has 0 aliphatic carbocycles. The lowest BCUT2D eigenvalue weighted by Gasteiger charge is -2.28. The third kappa shape index (κ3) is 8.65. The zero-order valence-corrected chi connectivity index (χ0v) is 24.3. The van der Waals surface area contributed by atoms with E-state index in [1.54, 1.807) is 38.1 Å². The second kappa shape index (κ2) is 15.4. The van der Waals surface area contributed by atoms with Crippen molar-refractivity contribution in [3.8, 4) is 0 Å². The fourth-order valence-electron chi connectivity index (χ4n) is 4.81. The highest BCUT2D eigenvalue weighted by molar-refractivity contribution is 6.30. The molecule has 39 heavy (non-hydrogen) atoms. The summed E-state index contributed by atoms with van der Waals surface area (Å²) in [4.78, 5) is 26.3. The smallest absolute Gasteiger partial charge is 0.407 e. The number of ether oxygens (including phenoxy) is 2. The Kier molecular flexibility index (Phi) is 12.0. The van der Waals surface area contributed by atoms with Gasteiger partial charge in [-0.1, -0.05) is 87.4 Å². The van der Waals surface area contributed by atoms with Crippen LogP contribution in [0.3, 0.4) is 0 Å². The van der Waals surface area contributed by atoms with E-state index in [4.69, 9.17) is 21.1 Å². The van der Waals surface area contributed by atoms with Gasteiger partial charge in [-0.3, -0.25) is 9.47 Å². The number of halogens is 1. The van der Waals surface area contributed by atoms with Crippen LogP contribution in [0.4, 0.5) is 4.79 Å². The number of carbonyl (C=O) groups is 2. The second-order valence-electron chi connectivity index (χ2n) is 10.1. The SMILES string of the molecule is CCCCCCCCCNn1c(C(C(=O)OC)C(NC(=O)OC(C)C)c2ccc(Cl)cc2)cc2ccccc21. The van der Waals surface area contributed by atoms with Crippen LogP contribution in [0.15, 0.2) is 54.6 Å². The molecule has 0 radical (unpaired) electrons. The molecule has 1 aromatic heterocycles. The summed E-state index contributed by atoms with van der Waals surface area (Å²) in [5, 5.41) is 4.46. The van der Waals surface area contributed by atoms with Crippen molar-refractivity contribution in [2.75, 3.05) is 19.1 Å². The number of rotatable bonds is 15. The van der Waals surface area contributed by atoms with Crippen LogP contribution in [0.1, 0.15) is 88.9 Å². The Morgan fingerprint density at radius 3 is 2.28 bits per heavy atom. The molecule has 1 amide bonds. The van der Waals surface area contributed by atoms with E-state index in [2.05, 4.69) is 17.7 Å². The molecule has 2 unspecified atom stereocenters. The molecule has 2 atom stereocenters. The normalized spacial score (nSPS) is 12.8. The van der Waals surface area contributed by atoms with Crippen LogP contribution < -0.4 is 10.7 Å². The highest BCUT2D eigenvalue weighted by Crippen LogP contribution is 2.36. The lowest BCUT2D eigenvalue weighted by molar-refractivity contribution is -0.143. The van der Waals surface area contributed by atoms with Crippen molar-refractivity contribution in [2.24, 2.45) is 0 Å². The van der Waals surface area contributed by atoms with Crippen LogP contribution in [0, 0.1) is 0 Å². The Hall–Kier alpha value is -3.19. The highest BCUT2D eigenvalue weighted by Gasteiger charge is 2.37. The molecular weight excluding hydrogens is 514 g/mol. The minimum absolute atomic E-state index is 0.317. The Morgan fingerprint density at radius 2 is 1.62 bits per heavy atom. The summed E-state index contributed by atoms with van der Waals surface area (Å²) in [7, 11) is 1.36. The van der Waals surface area contributed by atoms with E-state index in [-0.39, 0.29) is 6.10 Å². The molecule has 2 N–H and O–H groups in total. The van der Waals surface area contributed by atoms with Gasteiger partial charge in [0.2, 0.25) is 0 Å². The maximum Gasteiger partial charge on any atom is 0.407 e. The van der Waals surface area contributed by atoms with Crippen molar-refractivity contribution in [3.05, 3.63) is 70.9 Å². The summed E-state index contributed by atoms with van der Waals surface area (Å²) in [5.41, 5.74) is 5.89. The molecule has 212 valence electrons. The van der Waals surface area contributed by atoms with E-state index in [1.807, 2.05) is 35.0 Å². The van der Waals surface area contributed by atoms with Crippen LogP contribution in [0.2, 0.25) is 5.02 Å². The molecule has 8 heteroatoms. The fraction of sp³-hybridized carbons (Fsp3) is 0.484. The van der Waals surface area contributed by atoms with Crippen LogP contribution >= 0.6 is 11.6 Å². The quantitative estimate of drug-likeness (QED) is 0.148. The van der Waals surface area contributed by atoms with Gasteiger partial charge in [0, 0.05) is 17.0 Å². The zero-order valence-electron chi connectivity index (χ0n) is 23.5. The molecule has 7 nitrogen and oxygen atoms in total. The van der Waals surface area contributed by atoms with Gasteiger partial charge in [0.15, 0.2) is 0 Å². The number of amides is 1. The molecular formula is C31H42ClN3O4. The van der Waals surface area contributed by atoms with E-state index in [0.29, 0.717) is 16.3 Å².